The first-order valence-corrected chi connectivity index (χ1v) is 4.34. The first-order valence-electron chi connectivity index (χ1n) is 4.34. The van der Waals surface area contributed by atoms with Crippen molar-refractivity contribution in [2.45, 2.75) is 6.92 Å². The van der Waals surface area contributed by atoms with Gasteiger partial charge in [0.15, 0.2) is 0 Å². The van der Waals surface area contributed by atoms with Crippen LogP contribution in [0.1, 0.15) is 12.5 Å². The van der Waals surface area contributed by atoms with Gasteiger partial charge in [0, 0.05) is 18.6 Å². The zero-order valence-corrected chi connectivity index (χ0v) is 8.27. The lowest BCUT2D eigenvalue weighted by Crippen LogP contribution is -2.05. The summed E-state index contributed by atoms with van der Waals surface area (Å²) in [6, 6.07) is 6.87. The Morgan fingerprint density at radius 2 is 2.00 bits per heavy atom. The maximum absolute atomic E-state index is 10.8. The van der Waals surface area contributed by atoms with Crippen molar-refractivity contribution in [1.29, 1.82) is 0 Å². The standard InChI is InChI=1S/C11H11NO3/c1-8(13)15-10-5-3-2-4-9(10)6-7-11(12)14/h2-7H,1H3,(H2,12,14)/b7-6-. The van der Waals surface area contributed by atoms with Gasteiger partial charge in [0.05, 0.1) is 0 Å². The third-order valence-corrected chi connectivity index (χ3v) is 1.60. The minimum absolute atomic E-state index is 0.405. The molecule has 0 aliphatic carbocycles. The molecule has 78 valence electrons. The number of para-hydroxylation sites is 1. The number of esters is 1. The second-order valence-electron chi connectivity index (χ2n) is 2.87. The highest BCUT2D eigenvalue weighted by Crippen LogP contribution is 2.19. The predicted octanol–water partition coefficient (Wildman–Crippen LogP) is 1.11. The summed E-state index contributed by atoms with van der Waals surface area (Å²) in [6.07, 6.45) is 2.71. The van der Waals surface area contributed by atoms with Crippen LogP contribution in [0.2, 0.25) is 0 Å². The first kappa shape index (κ1) is 11.0. The van der Waals surface area contributed by atoms with Crippen LogP contribution in [0.15, 0.2) is 30.3 Å². The number of amides is 1. The van der Waals surface area contributed by atoms with Gasteiger partial charge in [0.2, 0.25) is 5.91 Å². The van der Waals surface area contributed by atoms with Crippen molar-refractivity contribution in [2.24, 2.45) is 5.73 Å². The van der Waals surface area contributed by atoms with E-state index in [9.17, 15) is 9.59 Å². The maximum atomic E-state index is 10.8. The lowest BCUT2D eigenvalue weighted by atomic mass is 10.2. The van der Waals surface area contributed by atoms with Crippen molar-refractivity contribution in [3.8, 4) is 5.75 Å². The van der Waals surface area contributed by atoms with Crippen LogP contribution in [0.25, 0.3) is 6.08 Å². The van der Waals surface area contributed by atoms with E-state index in [2.05, 4.69) is 0 Å². The number of ether oxygens (including phenoxy) is 1. The third kappa shape index (κ3) is 3.64. The Morgan fingerprint density at radius 1 is 1.33 bits per heavy atom. The summed E-state index contributed by atoms with van der Waals surface area (Å²) in [4.78, 5) is 21.3. The smallest absolute Gasteiger partial charge is 0.308 e. The van der Waals surface area contributed by atoms with Crippen LogP contribution in [-0.2, 0) is 9.59 Å². The molecule has 15 heavy (non-hydrogen) atoms. The quantitative estimate of drug-likeness (QED) is 0.456. The fourth-order valence-electron chi connectivity index (χ4n) is 1.04. The largest absolute Gasteiger partial charge is 0.426 e. The van der Waals surface area contributed by atoms with Crippen LogP contribution in [0.3, 0.4) is 0 Å². The number of carbonyl (C=O) groups excluding carboxylic acids is 2. The van der Waals surface area contributed by atoms with Crippen LogP contribution in [0.4, 0.5) is 0 Å². The van der Waals surface area contributed by atoms with Crippen LogP contribution < -0.4 is 10.5 Å². The molecule has 0 heterocycles. The fraction of sp³-hybridized carbons (Fsp3) is 0.0909. The Balaban J connectivity index is 2.95. The van der Waals surface area contributed by atoms with Gasteiger partial charge in [-0.25, -0.2) is 0 Å². The summed E-state index contributed by atoms with van der Waals surface area (Å²) in [5, 5.41) is 0. The van der Waals surface area contributed by atoms with Crippen molar-refractivity contribution in [2.75, 3.05) is 0 Å². The summed E-state index contributed by atoms with van der Waals surface area (Å²) in [5.41, 5.74) is 5.59. The van der Waals surface area contributed by atoms with Crippen molar-refractivity contribution < 1.29 is 14.3 Å². The van der Waals surface area contributed by atoms with E-state index >= 15 is 0 Å². The molecule has 0 aliphatic rings. The van der Waals surface area contributed by atoms with Gasteiger partial charge in [0.25, 0.3) is 0 Å². The monoisotopic (exact) mass is 205 g/mol. The van der Waals surface area contributed by atoms with Gasteiger partial charge in [-0.15, -0.1) is 0 Å². The minimum Gasteiger partial charge on any atom is -0.426 e. The summed E-state index contributed by atoms with van der Waals surface area (Å²) in [6.45, 7) is 1.31. The normalized spacial score (nSPS) is 10.2. The average molecular weight is 205 g/mol. The van der Waals surface area contributed by atoms with E-state index in [1.165, 1.54) is 19.1 Å². The van der Waals surface area contributed by atoms with Crippen LogP contribution in [-0.4, -0.2) is 11.9 Å². The molecule has 4 nitrogen and oxygen atoms in total. The molecule has 0 atom stereocenters. The Kier molecular flexibility index (Phi) is 3.62. The lowest BCUT2D eigenvalue weighted by molar-refractivity contribution is -0.131. The molecule has 2 N–H and O–H groups in total. The van der Waals surface area contributed by atoms with Crippen LogP contribution in [0, 0.1) is 0 Å². The molecule has 1 aromatic rings. The molecule has 0 aromatic heterocycles. The van der Waals surface area contributed by atoms with Gasteiger partial charge in [-0.1, -0.05) is 18.2 Å². The zero-order valence-electron chi connectivity index (χ0n) is 8.27. The van der Waals surface area contributed by atoms with E-state index in [0.717, 1.165) is 0 Å². The SMILES string of the molecule is CC(=O)Oc1ccccc1/C=C\C(N)=O. The molecule has 1 amide bonds. The molecule has 4 heteroatoms. The number of hydrogen-bond acceptors (Lipinski definition) is 3. The van der Waals surface area contributed by atoms with Crippen molar-refractivity contribution in [1.82, 2.24) is 0 Å². The molecule has 0 saturated heterocycles. The highest BCUT2D eigenvalue weighted by molar-refractivity contribution is 5.90. The lowest BCUT2D eigenvalue weighted by Gasteiger charge is -2.04. The van der Waals surface area contributed by atoms with E-state index in [4.69, 9.17) is 10.5 Å². The first-order chi connectivity index (χ1) is 7.09. The Labute approximate surface area is 87.3 Å². The Morgan fingerprint density at radius 3 is 2.60 bits per heavy atom. The number of nitrogens with two attached hydrogens (primary N) is 1. The van der Waals surface area contributed by atoms with Gasteiger partial charge in [-0.3, -0.25) is 9.59 Å². The second-order valence-corrected chi connectivity index (χ2v) is 2.87. The predicted molar refractivity (Wildman–Crippen MR) is 56.0 cm³/mol. The minimum atomic E-state index is -0.548. The number of rotatable bonds is 3. The molecule has 0 unspecified atom stereocenters. The summed E-state index contributed by atoms with van der Waals surface area (Å²) < 4.78 is 4.94. The van der Waals surface area contributed by atoms with E-state index in [0.29, 0.717) is 11.3 Å². The summed E-state index contributed by atoms with van der Waals surface area (Å²) in [7, 11) is 0. The molecule has 0 radical (unpaired) electrons. The van der Waals surface area contributed by atoms with Gasteiger partial charge in [0.1, 0.15) is 5.75 Å². The van der Waals surface area contributed by atoms with E-state index in [-0.39, 0.29) is 0 Å². The summed E-state index contributed by atoms with van der Waals surface area (Å²) in [5.74, 6) is -0.551. The Hall–Kier alpha value is -2.10. The van der Waals surface area contributed by atoms with Crippen LogP contribution in [0.5, 0.6) is 5.75 Å². The highest BCUT2D eigenvalue weighted by Gasteiger charge is 2.02. The van der Waals surface area contributed by atoms with Crippen LogP contribution >= 0.6 is 0 Å². The maximum Gasteiger partial charge on any atom is 0.308 e. The fourth-order valence-corrected chi connectivity index (χ4v) is 1.04. The van der Waals surface area contributed by atoms with Crippen molar-refractivity contribution >= 4 is 18.0 Å². The Bertz CT molecular complexity index is 410. The number of carbonyl (C=O) groups is 2. The molecule has 1 aromatic carbocycles. The van der Waals surface area contributed by atoms with E-state index in [1.54, 1.807) is 24.3 Å². The summed E-state index contributed by atoms with van der Waals surface area (Å²) >= 11 is 0. The van der Waals surface area contributed by atoms with Gasteiger partial charge in [-0.05, 0) is 12.1 Å². The molecule has 0 saturated carbocycles. The molecule has 1 rings (SSSR count). The third-order valence-electron chi connectivity index (χ3n) is 1.60. The number of primary amides is 1. The van der Waals surface area contributed by atoms with Gasteiger partial charge < -0.3 is 10.5 Å². The molecular formula is C11H11NO3. The van der Waals surface area contributed by atoms with Gasteiger partial charge >= 0.3 is 5.97 Å². The highest BCUT2D eigenvalue weighted by atomic mass is 16.5. The van der Waals surface area contributed by atoms with E-state index < -0.39 is 11.9 Å². The molecular weight excluding hydrogens is 194 g/mol. The number of hydrogen-bond donors (Lipinski definition) is 1. The topological polar surface area (TPSA) is 69.4 Å². The van der Waals surface area contributed by atoms with Gasteiger partial charge in [-0.2, -0.15) is 0 Å². The zero-order chi connectivity index (χ0) is 11.3. The second kappa shape index (κ2) is 4.95. The molecule has 0 spiro atoms. The van der Waals surface area contributed by atoms with E-state index in [1.807, 2.05) is 0 Å². The molecule has 0 bridgehead atoms. The average Bonchev–Trinajstić information content (AvgIpc) is 2.15. The van der Waals surface area contributed by atoms with Crippen molar-refractivity contribution in [3.63, 3.8) is 0 Å². The molecule has 0 fully saturated rings. The van der Waals surface area contributed by atoms with Crippen molar-refractivity contribution in [3.05, 3.63) is 35.9 Å². The number of benzene rings is 1. The molecule has 0 aliphatic heterocycles.